The lowest BCUT2D eigenvalue weighted by molar-refractivity contribution is 0.113. The van der Waals surface area contributed by atoms with Crippen molar-refractivity contribution in [2.75, 3.05) is 0 Å². The Morgan fingerprint density at radius 3 is 2.59 bits per heavy atom. The summed E-state index contributed by atoms with van der Waals surface area (Å²) in [5, 5.41) is 2.26. The molecular weight excluding hydrogens is 391 g/mol. The zero-order valence-electron chi connectivity index (χ0n) is 20.4. The molecule has 0 amide bonds. The molecule has 4 rings (SSSR count). The third kappa shape index (κ3) is 5.83. The van der Waals surface area contributed by atoms with Crippen LogP contribution in [0.5, 0.6) is 0 Å². The van der Waals surface area contributed by atoms with Crippen LogP contribution in [-0.2, 0) is 6.42 Å². The van der Waals surface area contributed by atoms with Crippen molar-refractivity contribution in [1.82, 2.24) is 0 Å². The predicted octanol–water partition coefficient (Wildman–Crippen LogP) is 9.76. The van der Waals surface area contributed by atoms with Crippen LogP contribution in [0.15, 0.2) is 42.5 Å². The summed E-state index contributed by atoms with van der Waals surface area (Å²) >= 11 is 0. The fraction of sp³-hybridized carbons (Fsp3) is 0.613. The van der Waals surface area contributed by atoms with E-state index in [-0.39, 0.29) is 5.82 Å². The minimum Gasteiger partial charge on any atom is -0.207 e. The van der Waals surface area contributed by atoms with Crippen molar-refractivity contribution >= 4 is 10.8 Å². The van der Waals surface area contributed by atoms with E-state index >= 15 is 0 Å². The van der Waals surface area contributed by atoms with E-state index in [4.69, 9.17) is 0 Å². The van der Waals surface area contributed by atoms with Gasteiger partial charge in [0.1, 0.15) is 5.82 Å². The summed E-state index contributed by atoms with van der Waals surface area (Å²) in [4.78, 5) is 0. The quantitative estimate of drug-likeness (QED) is 0.272. The third-order valence-electron chi connectivity index (χ3n) is 8.50. The molecule has 0 saturated heterocycles. The number of aryl methyl sites for hydroxylation is 1. The Balaban J connectivity index is 1.37. The fourth-order valence-electron chi connectivity index (χ4n) is 6.60. The topological polar surface area (TPSA) is 0 Å². The highest BCUT2D eigenvalue weighted by molar-refractivity contribution is 5.84. The number of hydrogen-bond donors (Lipinski definition) is 0. The molecule has 0 aliphatic heterocycles. The van der Waals surface area contributed by atoms with Crippen LogP contribution in [0.2, 0.25) is 0 Å². The van der Waals surface area contributed by atoms with Gasteiger partial charge in [-0.1, -0.05) is 75.8 Å². The first-order chi connectivity index (χ1) is 15.7. The number of fused-ring (bicyclic) bond motifs is 2. The summed E-state index contributed by atoms with van der Waals surface area (Å²) in [7, 11) is 0. The number of hydrogen-bond acceptors (Lipinski definition) is 0. The largest absolute Gasteiger partial charge is 0.207 e. The molecule has 0 nitrogen and oxygen atoms in total. The van der Waals surface area contributed by atoms with Gasteiger partial charge in [0.25, 0.3) is 0 Å². The number of halogens is 1. The average Bonchev–Trinajstić information content (AvgIpc) is 2.81. The lowest BCUT2D eigenvalue weighted by Gasteiger charge is -2.42. The fourth-order valence-corrected chi connectivity index (χ4v) is 6.60. The van der Waals surface area contributed by atoms with Gasteiger partial charge in [0.15, 0.2) is 0 Å². The molecule has 174 valence electrons. The van der Waals surface area contributed by atoms with E-state index in [1.165, 1.54) is 81.6 Å². The molecule has 2 aliphatic rings. The van der Waals surface area contributed by atoms with E-state index in [1.54, 1.807) is 6.07 Å². The second kappa shape index (κ2) is 11.5. The van der Waals surface area contributed by atoms with E-state index < -0.39 is 0 Å². The van der Waals surface area contributed by atoms with E-state index in [0.29, 0.717) is 5.92 Å². The molecule has 2 aromatic carbocycles. The Hall–Kier alpha value is -1.63. The Labute approximate surface area is 195 Å². The van der Waals surface area contributed by atoms with Crippen molar-refractivity contribution in [2.45, 2.75) is 103 Å². The molecule has 0 radical (unpaired) electrons. The molecule has 0 bridgehead atoms. The van der Waals surface area contributed by atoms with Crippen molar-refractivity contribution in [3.05, 3.63) is 59.4 Å². The van der Waals surface area contributed by atoms with Gasteiger partial charge in [0.2, 0.25) is 0 Å². The van der Waals surface area contributed by atoms with Crippen LogP contribution in [0.25, 0.3) is 10.8 Å². The number of rotatable bonds is 9. The second-order valence-electron chi connectivity index (χ2n) is 10.7. The SMILES string of the molecule is CC=CCCc1cc2ccc(C3CCC4CC(CCCCCC)CCC4C3)cc2cc1F. The molecule has 1 heteroatoms. The maximum Gasteiger partial charge on any atom is 0.127 e. The zero-order valence-corrected chi connectivity index (χ0v) is 20.4. The van der Waals surface area contributed by atoms with Crippen molar-refractivity contribution in [1.29, 1.82) is 0 Å². The molecule has 4 atom stereocenters. The van der Waals surface area contributed by atoms with E-state index in [9.17, 15) is 4.39 Å². The summed E-state index contributed by atoms with van der Waals surface area (Å²) in [6.45, 7) is 4.32. The summed E-state index contributed by atoms with van der Waals surface area (Å²) in [5.41, 5.74) is 2.29. The molecule has 0 spiro atoms. The summed E-state index contributed by atoms with van der Waals surface area (Å²) in [6, 6.07) is 10.7. The van der Waals surface area contributed by atoms with Gasteiger partial charge in [-0.3, -0.25) is 0 Å². The molecule has 2 aromatic rings. The third-order valence-corrected chi connectivity index (χ3v) is 8.50. The number of allylic oxidation sites excluding steroid dienone is 2. The molecular formula is C31H43F. The van der Waals surface area contributed by atoms with Gasteiger partial charge in [-0.2, -0.15) is 0 Å². The lowest BCUT2D eigenvalue weighted by Crippen LogP contribution is -2.30. The Kier molecular flexibility index (Phi) is 8.44. The first-order valence-electron chi connectivity index (χ1n) is 13.5. The van der Waals surface area contributed by atoms with Crippen LogP contribution < -0.4 is 0 Å². The predicted molar refractivity (Wildman–Crippen MR) is 137 cm³/mol. The van der Waals surface area contributed by atoms with Gasteiger partial charge in [-0.15, -0.1) is 0 Å². The Morgan fingerprint density at radius 1 is 0.906 bits per heavy atom. The van der Waals surface area contributed by atoms with Crippen molar-refractivity contribution < 1.29 is 4.39 Å². The number of benzene rings is 2. The zero-order chi connectivity index (χ0) is 22.3. The van der Waals surface area contributed by atoms with Crippen LogP contribution in [0.4, 0.5) is 4.39 Å². The minimum absolute atomic E-state index is 0.0416. The normalized spacial score (nSPS) is 26.0. The average molecular weight is 435 g/mol. The van der Waals surface area contributed by atoms with Crippen molar-refractivity contribution in [3.8, 4) is 0 Å². The van der Waals surface area contributed by atoms with Gasteiger partial charge >= 0.3 is 0 Å². The molecule has 32 heavy (non-hydrogen) atoms. The second-order valence-corrected chi connectivity index (χ2v) is 10.7. The molecule has 0 aromatic heterocycles. The summed E-state index contributed by atoms with van der Waals surface area (Å²) in [5.74, 6) is 3.51. The van der Waals surface area contributed by atoms with Crippen molar-refractivity contribution in [3.63, 3.8) is 0 Å². The van der Waals surface area contributed by atoms with Gasteiger partial charge in [0.05, 0.1) is 0 Å². The smallest absolute Gasteiger partial charge is 0.127 e. The lowest BCUT2D eigenvalue weighted by atomic mass is 9.63. The molecule has 2 aliphatic carbocycles. The highest BCUT2D eigenvalue weighted by atomic mass is 19.1. The van der Waals surface area contributed by atoms with Gasteiger partial charge < -0.3 is 0 Å². The monoisotopic (exact) mass is 434 g/mol. The number of unbranched alkanes of at least 4 members (excludes halogenated alkanes) is 3. The van der Waals surface area contributed by atoms with Crippen LogP contribution in [-0.4, -0.2) is 0 Å². The Bertz CT molecular complexity index is 895. The van der Waals surface area contributed by atoms with Crippen LogP contribution in [0.1, 0.15) is 108 Å². The van der Waals surface area contributed by atoms with Gasteiger partial charge in [-0.25, -0.2) is 4.39 Å². The van der Waals surface area contributed by atoms with Crippen LogP contribution in [0.3, 0.4) is 0 Å². The standard InChI is InChI=1S/C31H43F/c1-3-5-7-9-10-23-12-13-25-19-26(15-14-24(25)18-23)27-16-17-28-20-29(11-8-6-4-2)31(32)22-30(28)21-27/h4,6,16-17,20-26H,3,5,7-15,18-19H2,1-2H3. The summed E-state index contributed by atoms with van der Waals surface area (Å²) < 4.78 is 14.7. The molecule has 4 unspecified atom stereocenters. The van der Waals surface area contributed by atoms with Crippen molar-refractivity contribution in [2.24, 2.45) is 17.8 Å². The molecule has 0 N–H and O–H groups in total. The first-order valence-corrected chi connectivity index (χ1v) is 13.5. The Morgan fingerprint density at radius 2 is 1.75 bits per heavy atom. The summed E-state index contributed by atoms with van der Waals surface area (Å²) in [6.07, 6.45) is 21.4. The van der Waals surface area contributed by atoms with Crippen LogP contribution >= 0.6 is 0 Å². The maximum atomic E-state index is 14.7. The minimum atomic E-state index is -0.0416. The molecule has 0 heterocycles. The van der Waals surface area contributed by atoms with Gasteiger partial charge in [-0.05, 0) is 110 Å². The van der Waals surface area contributed by atoms with E-state index in [2.05, 4.69) is 37.3 Å². The maximum absolute atomic E-state index is 14.7. The molecule has 2 fully saturated rings. The van der Waals surface area contributed by atoms with E-state index in [1.807, 2.05) is 13.0 Å². The van der Waals surface area contributed by atoms with E-state index in [0.717, 1.165) is 41.5 Å². The van der Waals surface area contributed by atoms with Gasteiger partial charge in [0, 0.05) is 0 Å². The molecule has 2 saturated carbocycles. The van der Waals surface area contributed by atoms with Crippen LogP contribution in [0, 0.1) is 23.6 Å². The highest BCUT2D eigenvalue weighted by Crippen LogP contribution is 2.48. The highest BCUT2D eigenvalue weighted by Gasteiger charge is 2.35. The first kappa shape index (κ1) is 23.5.